The predicted molar refractivity (Wildman–Crippen MR) is 70.6 cm³/mol. The van der Waals surface area contributed by atoms with Gasteiger partial charge in [0.2, 0.25) is 0 Å². The second-order valence-electron chi connectivity index (χ2n) is 4.15. The van der Waals surface area contributed by atoms with E-state index >= 15 is 0 Å². The zero-order chi connectivity index (χ0) is 14.8. The Morgan fingerprint density at radius 2 is 1.95 bits per heavy atom. The molecule has 0 radical (unpaired) electrons. The van der Waals surface area contributed by atoms with Gasteiger partial charge in [-0.1, -0.05) is 17.3 Å². The van der Waals surface area contributed by atoms with Crippen LogP contribution in [0.15, 0.2) is 41.1 Å². The van der Waals surface area contributed by atoms with Gasteiger partial charge in [0, 0.05) is 6.20 Å². The summed E-state index contributed by atoms with van der Waals surface area (Å²) in [5, 5.41) is 10.3. The average molecular weight is 292 g/mol. The van der Waals surface area contributed by atoms with E-state index in [2.05, 4.69) is 20.1 Å². The SMILES string of the molecule is Nc1noc(-c2ccn[nH]2)c1-c1ccc(OC(F)F)cc1. The van der Waals surface area contributed by atoms with E-state index in [4.69, 9.17) is 10.3 Å². The number of nitrogens with two attached hydrogens (primary N) is 1. The Labute approximate surface area is 117 Å². The van der Waals surface area contributed by atoms with Crippen molar-refractivity contribution >= 4 is 5.82 Å². The Bertz CT molecular complexity index is 723. The summed E-state index contributed by atoms with van der Waals surface area (Å²) in [7, 11) is 0. The first kappa shape index (κ1) is 13.1. The number of nitrogens with zero attached hydrogens (tertiary/aromatic N) is 2. The first-order valence-electron chi connectivity index (χ1n) is 5.95. The summed E-state index contributed by atoms with van der Waals surface area (Å²) >= 11 is 0. The van der Waals surface area contributed by atoms with Crippen LogP contribution in [0.25, 0.3) is 22.6 Å². The van der Waals surface area contributed by atoms with Crippen LogP contribution in [-0.2, 0) is 0 Å². The molecule has 0 aliphatic heterocycles. The van der Waals surface area contributed by atoms with Gasteiger partial charge in [0.25, 0.3) is 0 Å². The number of hydrogen-bond donors (Lipinski definition) is 2. The second kappa shape index (κ2) is 5.23. The van der Waals surface area contributed by atoms with Crippen LogP contribution >= 0.6 is 0 Å². The summed E-state index contributed by atoms with van der Waals surface area (Å²) in [5.41, 5.74) is 7.65. The molecule has 3 aromatic rings. The van der Waals surface area contributed by atoms with Gasteiger partial charge in [-0.15, -0.1) is 0 Å². The Kier molecular flexibility index (Phi) is 3.27. The number of aromatic amines is 1. The first-order valence-corrected chi connectivity index (χ1v) is 5.95. The lowest BCUT2D eigenvalue weighted by atomic mass is 10.0. The molecule has 0 bridgehead atoms. The minimum Gasteiger partial charge on any atom is -0.435 e. The van der Waals surface area contributed by atoms with Crippen LogP contribution < -0.4 is 10.5 Å². The van der Waals surface area contributed by atoms with Gasteiger partial charge in [0.15, 0.2) is 11.6 Å². The van der Waals surface area contributed by atoms with Crippen molar-refractivity contribution in [3.63, 3.8) is 0 Å². The van der Waals surface area contributed by atoms with Crippen LogP contribution in [0.5, 0.6) is 5.75 Å². The van der Waals surface area contributed by atoms with Crippen LogP contribution in [0.1, 0.15) is 0 Å². The summed E-state index contributed by atoms with van der Waals surface area (Å²) < 4.78 is 33.8. The van der Waals surface area contributed by atoms with E-state index in [0.29, 0.717) is 22.6 Å². The summed E-state index contributed by atoms with van der Waals surface area (Å²) in [6.45, 7) is -2.86. The second-order valence-corrected chi connectivity index (χ2v) is 4.15. The number of anilines is 1. The van der Waals surface area contributed by atoms with Gasteiger partial charge in [-0.3, -0.25) is 5.10 Å². The number of rotatable bonds is 4. The van der Waals surface area contributed by atoms with Gasteiger partial charge < -0.3 is 15.0 Å². The van der Waals surface area contributed by atoms with Crippen molar-refractivity contribution < 1.29 is 18.0 Å². The fourth-order valence-corrected chi connectivity index (χ4v) is 1.95. The molecule has 2 heterocycles. The molecule has 6 nitrogen and oxygen atoms in total. The molecule has 0 aliphatic carbocycles. The highest BCUT2D eigenvalue weighted by molar-refractivity contribution is 5.85. The zero-order valence-corrected chi connectivity index (χ0v) is 10.6. The van der Waals surface area contributed by atoms with E-state index in [-0.39, 0.29) is 11.6 Å². The highest BCUT2D eigenvalue weighted by Gasteiger charge is 2.18. The van der Waals surface area contributed by atoms with E-state index in [9.17, 15) is 8.78 Å². The molecule has 0 unspecified atom stereocenters. The lowest BCUT2D eigenvalue weighted by Gasteiger charge is -2.05. The van der Waals surface area contributed by atoms with Gasteiger partial charge in [0.05, 0.1) is 5.56 Å². The number of hydrogen-bond acceptors (Lipinski definition) is 5. The van der Waals surface area contributed by atoms with Crippen molar-refractivity contribution in [3.8, 4) is 28.3 Å². The molecule has 0 atom stereocenters. The van der Waals surface area contributed by atoms with Crippen molar-refractivity contribution in [3.05, 3.63) is 36.5 Å². The molecular formula is C13H10F2N4O2. The fraction of sp³-hybridized carbons (Fsp3) is 0.0769. The number of benzene rings is 1. The van der Waals surface area contributed by atoms with Crippen molar-refractivity contribution in [2.24, 2.45) is 0 Å². The smallest absolute Gasteiger partial charge is 0.387 e. The lowest BCUT2D eigenvalue weighted by molar-refractivity contribution is -0.0498. The molecular weight excluding hydrogens is 282 g/mol. The third-order valence-electron chi connectivity index (χ3n) is 2.83. The number of halogens is 2. The molecule has 108 valence electrons. The first-order chi connectivity index (χ1) is 10.1. The van der Waals surface area contributed by atoms with Crippen molar-refractivity contribution in [1.29, 1.82) is 0 Å². The molecule has 1 aromatic carbocycles. The normalized spacial score (nSPS) is 11.0. The highest BCUT2D eigenvalue weighted by Crippen LogP contribution is 2.36. The predicted octanol–water partition coefficient (Wildman–Crippen LogP) is 2.92. The van der Waals surface area contributed by atoms with Crippen molar-refractivity contribution in [2.45, 2.75) is 6.61 Å². The largest absolute Gasteiger partial charge is 0.435 e. The van der Waals surface area contributed by atoms with E-state index in [1.54, 1.807) is 24.4 Å². The summed E-state index contributed by atoms with van der Waals surface area (Å²) in [6, 6.07) is 7.74. The number of alkyl halides is 2. The van der Waals surface area contributed by atoms with Gasteiger partial charge in [0.1, 0.15) is 11.4 Å². The molecule has 8 heteroatoms. The number of nitrogens with one attached hydrogen (secondary N) is 1. The molecule has 0 saturated carbocycles. The molecule has 21 heavy (non-hydrogen) atoms. The van der Waals surface area contributed by atoms with Gasteiger partial charge in [-0.25, -0.2) is 0 Å². The molecule has 0 aliphatic rings. The molecule has 2 aromatic heterocycles. The third-order valence-corrected chi connectivity index (χ3v) is 2.83. The molecule has 3 rings (SSSR count). The van der Waals surface area contributed by atoms with Crippen LogP contribution in [0.2, 0.25) is 0 Å². The van der Waals surface area contributed by atoms with Gasteiger partial charge >= 0.3 is 6.61 Å². The summed E-state index contributed by atoms with van der Waals surface area (Å²) in [5.74, 6) is 0.682. The minimum absolute atomic E-state index is 0.0619. The summed E-state index contributed by atoms with van der Waals surface area (Å²) in [4.78, 5) is 0. The monoisotopic (exact) mass is 292 g/mol. The molecule has 0 saturated heterocycles. The Morgan fingerprint density at radius 1 is 1.19 bits per heavy atom. The number of aromatic nitrogens is 3. The Morgan fingerprint density at radius 3 is 2.57 bits per heavy atom. The van der Waals surface area contributed by atoms with E-state index in [0.717, 1.165) is 0 Å². The van der Waals surface area contributed by atoms with E-state index in [1.165, 1.54) is 12.1 Å². The standard InChI is InChI=1S/C13H10F2N4O2/c14-13(15)20-8-3-1-7(2-4-8)10-11(21-19-12(10)16)9-5-6-17-18-9/h1-6,13H,(H2,16,19)(H,17,18). The maximum atomic E-state index is 12.1. The fourth-order valence-electron chi connectivity index (χ4n) is 1.95. The number of nitrogen functional groups attached to an aromatic ring is 1. The Hall–Kier alpha value is -2.90. The van der Waals surface area contributed by atoms with E-state index in [1.807, 2.05) is 0 Å². The molecule has 0 amide bonds. The minimum atomic E-state index is -2.86. The van der Waals surface area contributed by atoms with Crippen LogP contribution in [0, 0.1) is 0 Å². The average Bonchev–Trinajstić information content (AvgIpc) is 3.08. The highest BCUT2D eigenvalue weighted by atomic mass is 19.3. The van der Waals surface area contributed by atoms with Crippen LogP contribution in [-0.4, -0.2) is 22.0 Å². The third kappa shape index (κ3) is 2.55. The Balaban J connectivity index is 1.99. The van der Waals surface area contributed by atoms with Crippen molar-refractivity contribution in [1.82, 2.24) is 15.4 Å². The molecule has 0 spiro atoms. The maximum Gasteiger partial charge on any atom is 0.387 e. The quantitative estimate of drug-likeness (QED) is 0.771. The maximum absolute atomic E-state index is 12.1. The number of ether oxygens (including phenoxy) is 1. The van der Waals surface area contributed by atoms with Crippen LogP contribution in [0.3, 0.4) is 0 Å². The van der Waals surface area contributed by atoms with Gasteiger partial charge in [-0.2, -0.15) is 13.9 Å². The molecule has 0 fully saturated rings. The zero-order valence-electron chi connectivity index (χ0n) is 10.6. The topological polar surface area (TPSA) is 90.0 Å². The van der Waals surface area contributed by atoms with Crippen molar-refractivity contribution in [2.75, 3.05) is 5.73 Å². The molecule has 3 N–H and O–H groups in total. The van der Waals surface area contributed by atoms with Crippen LogP contribution in [0.4, 0.5) is 14.6 Å². The van der Waals surface area contributed by atoms with Gasteiger partial charge in [-0.05, 0) is 23.8 Å². The van der Waals surface area contributed by atoms with E-state index < -0.39 is 6.61 Å². The summed E-state index contributed by atoms with van der Waals surface area (Å²) in [6.07, 6.45) is 1.57. The lowest BCUT2D eigenvalue weighted by Crippen LogP contribution is -2.01. The number of H-pyrrole nitrogens is 1.